The lowest BCUT2D eigenvalue weighted by Gasteiger charge is -1.93. The Morgan fingerprint density at radius 3 is 1.55 bits per heavy atom. The van der Waals surface area contributed by atoms with Crippen LogP contribution >= 0.6 is 0 Å². The van der Waals surface area contributed by atoms with Crippen LogP contribution in [0.2, 0.25) is 0 Å². The lowest BCUT2D eigenvalue weighted by atomic mass is 10.2. The van der Waals surface area contributed by atoms with Gasteiger partial charge in [-0.25, -0.2) is 0 Å². The van der Waals surface area contributed by atoms with Gasteiger partial charge in [0.05, 0.1) is 6.26 Å². The molecule has 0 aliphatic carbocycles. The molecule has 0 aromatic carbocycles. The Balaban J connectivity index is 3.46. The molecule has 0 spiro atoms. The van der Waals surface area contributed by atoms with E-state index in [9.17, 15) is 0 Å². The Morgan fingerprint density at radius 1 is 0.591 bits per heavy atom. The second-order valence-electron chi connectivity index (χ2n) is 5.29. The first kappa shape index (κ1) is 21.0. The van der Waals surface area contributed by atoms with E-state index in [0.717, 1.165) is 32.1 Å². The van der Waals surface area contributed by atoms with Crippen LogP contribution in [0.25, 0.3) is 0 Å². The molecule has 0 aliphatic rings. The van der Waals surface area contributed by atoms with Gasteiger partial charge in [0.25, 0.3) is 0 Å². The van der Waals surface area contributed by atoms with Gasteiger partial charge in [-0.15, -0.1) is 0 Å². The highest BCUT2D eigenvalue weighted by atomic mass is 32.2. The van der Waals surface area contributed by atoms with Gasteiger partial charge < -0.3 is 0 Å². The molecule has 0 heterocycles. The fourth-order valence-corrected chi connectivity index (χ4v) is 2.46. The summed E-state index contributed by atoms with van der Waals surface area (Å²) in [6, 6.07) is 0. The summed E-state index contributed by atoms with van der Waals surface area (Å²) in [6.07, 6.45) is 31.6. The molecule has 0 aromatic rings. The molecule has 0 fully saturated rings. The molecule has 0 rings (SSSR count). The summed E-state index contributed by atoms with van der Waals surface area (Å²) in [6.45, 7) is 4.44. The van der Waals surface area contributed by atoms with Crippen LogP contribution in [0.3, 0.4) is 0 Å². The topological polar surface area (TPSA) is 0 Å². The van der Waals surface area contributed by atoms with Crippen molar-refractivity contribution in [2.45, 2.75) is 52.4 Å². The van der Waals surface area contributed by atoms with Gasteiger partial charge >= 0.3 is 0 Å². The molecular formula is C21H35S+. The maximum absolute atomic E-state index is 2.35. The number of rotatable bonds is 13. The van der Waals surface area contributed by atoms with E-state index in [1.807, 2.05) is 0 Å². The van der Waals surface area contributed by atoms with Crippen LogP contribution in [0.4, 0.5) is 0 Å². The van der Waals surface area contributed by atoms with Crippen molar-refractivity contribution in [3.05, 3.63) is 60.8 Å². The number of hydrogen-bond acceptors (Lipinski definition) is 0. The zero-order valence-electron chi connectivity index (χ0n) is 14.8. The van der Waals surface area contributed by atoms with Crippen LogP contribution in [0, 0.1) is 0 Å². The molecule has 0 nitrogen and oxygen atoms in total. The van der Waals surface area contributed by atoms with Gasteiger partial charge in [0, 0.05) is 0 Å². The summed E-state index contributed by atoms with van der Waals surface area (Å²) in [5.74, 6) is 2.56. The van der Waals surface area contributed by atoms with E-state index in [1.54, 1.807) is 0 Å². The second-order valence-corrected chi connectivity index (χ2v) is 7.76. The highest BCUT2D eigenvalue weighted by molar-refractivity contribution is 7.96. The highest BCUT2D eigenvalue weighted by Crippen LogP contribution is 1.98. The third-order valence-electron chi connectivity index (χ3n) is 3.26. The maximum atomic E-state index is 2.35. The van der Waals surface area contributed by atoms with Crippen molar-refractivity contribution in [3.63, 3.8) is 0 Å². The van der Waals surface area contributed by atoms with Crippen molar-refractivity contribution in [1.82, 2.24) is 0 Å². The minimum absolute atomic E-state index is 0.582. The Morgan fingerprint density at radius 2 is 1.05 bits per heavy atom. The normalized spacial score (nSPS) is 14.5. The molecule has 22 heavy (non-hydrogen) atoms. The first-order chi connectivity index (χ1) is 10.8. The maximum Gasteiger partial charge on any atom is 0.126 e. The summed E-state index contributed by atoms with van der Waals surface area (Å²) < 4.78 is 0. The predicted octanol–water partition coefficient (Wildman–Crippen LogP) is 6.40. The second kappa shape index (κ2) is 18.1. The van der Waals surface area contributed by atoms with Gasteiger partial charge in [-0.3, -0.25) is 0 Å². The molecule has 1 heteroatoms. The average Bonchev–Trinajstić information content (AvgIpc) is 2.54. The largest absolute Gasteiger partial charge is 0.126 e. The number of unbranched alkanes of at least 4 members (excludes halogenated alkanes) is 1. The number of allylic oxidation sites excluding steroid dienone is 9. The molecule has 0 aliphatic heterocycles. The summed E-state index contributed by atoms with van der Waals surface area (Å²) in [5, 5.41) is 0. The van der Waals surface area contributed by atoms with Gasteiger partial charge in [-0.05, 0) is 62.4 Å². The molecule has 0 bridgehead atoms. The van der Waals surface area contributed by atoms with Gasteiger partial charge in [-0.2, -0.15) is 0 Å². The van der Waals surface area contributed by atoms with E-state index in [2.05, 4.69) is 80.9 Å². The molecule has 0 saturated heterocycles. The van der Waals surface area contributed by atoms with Crippen molar-refractivity contribution in [3.8, 4) is 0 Å². The van der Waals surface area contributed by atoms with Crippen molar-refractivity contribution < 1.29 is 0 Å². The third kappa shape index (κ3) is 17.1. The van der Waals surface area contributed by atoms with E-state index in [1.165, 1.54) is 17.9 Å². The van der Waals surface area contributed by atoms with E-state index in [-0.39, 0.29) is 0 Å². The van der Waals surface area contributed by atoms with E-state index in [4.69, 9.17) is 0 Å². The smallest absolute Gasteiger partial charge is 0.0885 e. The Hall–Kier alpha value is -0.950. The van der Waals surface area contributed by atoms with E-state index >= 15 is 0 Å². The summed E-state index contributed by atoms with van der Waals surface area (Å²) in [4.78, 5) is 0. The molecular weight excluding hydrogens is 284 g/mol. The van der Waals surface area contributed by atoms with Gasteiger partial charge in [0.1, 0.15) is 11.5 Å². The molecule has 0 radical (unpaired) electrons. The number of hydrogen-bond donors (Lipinski definition) is 0. The van der Waals surface area contributed by atoms with Crippen molar-refractivity contribution >= 4 is 10.9 Å². The van der Waals surface area contributed by atoms with Crippen molar-refractivity contribution in [2.24, 2.45) is 0 Å². The van der Waals surface area contributed by atoms with Crippen LogP contribution in [-0.2, 0) is 10.9 Å². The Bertz CT molecular complexity index is 358. The molecule has 0 amide bonds. The summed E-state index contributed by atoms with van der Waals surface area (Å²) in [7, 11) is 0.582. The van der Waals surface area contributed by atoms with Gasteiger partial charge in [0.2, 0.25) is 0 Å². The molecule has 124 valence electrons. The van der Waals surface area contributed by atoms with Crippen molar-refractivity contribution in [1.29, 1.82) is 0 Å². The Labute approximate surface area is 142 Å². The molecule has 0 N–H and O–H groups in total. The molecule has 1 atom stereocenters. The lowest BCUT2D eigenvalue weighted by molar-refractivity contribution is 1.04. The highest BCUT2D eigenvalue weighted by Gasteiger charge is 2.01. The molecule has 0 saturated carbocycles. The van der Waals surface area contributed by atoms with E-state index in [0.29, 0.717) is 10.9 Å². The third-order valence-corrected chi connectivity index (χ3v) is 5.01. The quantitative estimate of drug-likeness (QED) is 0.209. The molecule has 0 aromatic heterocycles. The van der Waals surface area contributed by atoms with Crippen LogP contribution in [0.15, 0.2) is 60.8 Å². The fourth-order valence-electron chi connectivity index (χ4n) is 1.76. The lowest BCUT2D eigenvalue weighted by Crippen LogP contribution is -2.04. The minimum Gasteiger partial charge on any atom is -0.0885 e. The minimum atomic E-state index is 0.582. The Kier molecular flexibility index (Phi) is 17.3. The average molecular weight is 320 g/mol. The van der Waals surface area contributed by atoms with E-state index < -0.39 is 0 Å². The first-order valence-corrected chi connectivity index (χ1v) is 10.6. The zero-order chi connectivity index (χ0) is 16.3. The van der Waals surface area contributed by atoms with Gasteiger partial charge in [0.15, 0.2) is 0 Å². The fraction of sp³-hybridized carbons (Fsp3) is 0.524. The van der Waals surface area contributed by atoms with Crippen LogP contribution in [0.1, 0.15) is 52.4 Å². The summed E-state index contributed by atoms with van der Waals surface area (Å²) in [5.41, 5.74) is 0. The summed E-state index contributed by atoms with van der Waals surface area (Å²) >= 11 is 0. The monoisotopic (exact) mass is 319 g/mol. The van der Waals surface area contributed by atoms with Crippen LogP contribution in [0.5, 0.6) is 0 Å². The van der Waals surface area contributed by atoms with Crippen LogP contribution < -0.4 is 0 Å². The standard InChI is InChI=1S/C21H35S/c1-4-6-7-8-9-10-11-12-13-14-15-16-17-18-19-20-21-22(3)5-2/h6-7,9-10,12-13,15-16,19-20H,4-5,8,11,14,17-18,21H2,1-3H3/q+1/b7-6-,10-9-,13-12-,16-15-,20-19+. The zero-order valence-corrected chi connectivity index (χ0v) is 15.7. The predicted molar refractivity (Wildman–Crippen MR) is 108 cm³/mol. The first-order valence-electron chi connectivity index (χ1n) is 8.65. The van der Waals surface area contributed by atoms with Crippen molar-refractivity contribution in [2.75, 3.05) is 17.8 Å². The SMILES string of the molecule is CC/C=C\C/C=C\C/C=C\C/C=C\CC/C=C/C[S+](C)CC. The molecule has 1 unspecified atom stereocenters. The van der Waals surface area contributed by atoms with Gasteiger partial charge in [-0.1, -0.05) is 61.6 Å². The van der Waals surface area contributed by atoms with Crippen LogP contribution in [-0.4, -0.2) is 17.8 Å².